The number of hydrogen-bond donors (Lipinski definition) is 4. The molecule has 11 heteroatoms. The smallest absolute Gasteiger partial charge is 0.407 e. The van der Waals surface area contributed by atoms with Crippen LogP contribution in [-0.4, -0.2) is 74.1 Å². The lowest BCUT2D eigenvalue weighted by Crippen LogP contribution is -2.58. The van der Waals surface area contributed by atoms with Gasteiger partial charge in [-0.25, -0.2) is 4.79 Å². The minimum Gasteiger partial charge on any atom is -0.449 e. The lowest BCUT2D eigenvalue weighted by Gasteiger charge is -2.27. The van der Waals surface area contributed by atoms with E-state index in [1.165, 1.54) is 0 Å². The summed E-state index contributed by atoms with van der Waals surface area (Å²) < 4.78 is 10.6. The van der Waals surface area contributed by atoms with Gasteiger partial charge in [0.15, 0.2) is 0 Å². The first-order chi connectivity index (χ1) is 16.2. The van der Waals surface area contributed by atoms with Crippen LogP contribution in [0.2, 0.25) is 0 Å². The molecule has 4 amide bonds. The lowest BCUT2D eigenvalue weighted by molar-refractivity contribution is -0.142. The summed E-state index contributed by atoms with van der Waals surface area (Å²) >= 11 is 0. The van der Waals surface area contributed by atoms with Crippen LogP contribution >= 0.6 is 0 Å². The number of nitrogens with one attached hydrogen (secondary N) is 4. The first kappa shape index (κ1) is 30.3. The van der Waals surface area contributed by atoms with E-state index in [9.17, 15) is 24.0 Å². The average Bonchev–Trinajstić information content (AvgIpc) is 2.72. The molecule has 1 heterocycles. The van der Waals surface area contributed by atoms with E-state index in [0.717, 1.165) is 0 Å². The second-order valence-corrected chi connectivity index (χ2v) is 10.9. The Morgan fingerprint density at radius 2 is 1.57 bits per heavy atom. The number of carbonyl (C=O) groups is 5. The van der Waals surface area contributed by atoms with Gasteiger partial charge in [0, 0.05) is 6.54 Å². The van der Waals surface area contributed by atoms with Gasteiger partial charge in [-0.3, -0.25) is 19.2 Å². The Hall–Kier alpha value is -2.69. The Morgan fingerprint density at radius 1 is 1.00 bits per heavy atom. The highest BCUT2D eigenvalue weighted by molar-refractivity contribution is 6.38. The Labute approximate surface area is 207 Å². The van der Waals surface area contributed by atoms with E-state index >= 15 is 0 Å². The van der Waals surface area contributed by atoms with Gasteiger partial charge in [-0.05, 0) is 30.1 Å². The molecule has 1 aliphatic heterocycles. The van der Waals surface area contributed by atoms with Gasteiger partial charge in [0.1, 0.15) is 18.1 Å². The molecule has 1 saturated heterocycles. The molecule has 35 heavy (non-hydrogen) atoms. The lowest BCUT2D eigenvalue weighted by atomic mass is 9.99. The molecule has 1 rings (SSSR count). The second kappa shape index (κ2) is 14.0. The molecule has 0 radical (unpaired) electrons. The van der Waals surface area contributed by atoms with Crippen molar-refractivity contribution in [1.29, 1.82) is 0 Å². The topological polar surface area (TPSA) is 152 Å². The zero-order valence-corrected chi connectivity index (χ0v) is 22.0. The van der Waals surface area contributed by atoms with E-state index in [2.05, 4.69) is 21.3 Å². The molecule has 1 fully saturated rings. The van der Waals surface area contributed by atoms with E-state index in [0.29, 0.717) is 6.42 Å². The number of alkyl carbamates (subject to hydrolysis) is 1. The van der Waals surface area contributed by atoms with Gasteiger partial charge < -0.3 is 30.7 Å². The Morgan fingerprint density at radius 3 is 2.11 bits per heavy atom. The van der Waals surface area contributed by atoms with Gasteiger partial charge in [-0.15, -0.1) is 0 Å². The highest BCUT2D eigenvalue weighted by Crippen LogP contribution is 2.14. The van der Waals surface area contributed by atoms with E-state index in [4.69, 9.17) is 9.47 Å². The van der Waals surface area contributed by atoms with Crippen LogP contribution in [0.25, 0.3) is 0 Å². The Bertz CT molecular complexity index is 761. The highest BCUT2D eigenvalue weighted by atomic mass is 16.5. The van der Waals surface area contributed by atoms with E-state index in [1.807, 2.05) is 48.5 Å². The van der Waals surface area contributed by atoms with Gasteiger partial charge >= 0.3 is 6.09 Å². The summed E-state index contributed by atoms with van der Waals surface area (Å²) in [6.45, 7) is 13.8. The van der Waals surface area contributed by atoms with Crippen molar-refractivity contribution in [1.82, 2.24) is 21.3 Å². The summed E-state index contributed by atoms with van der Waals surface area (Å²) in [5, 5.41) is 10.2. The zero-order chi connectivity index (χ0) is 26.8. The summed E-state index contributed by atoms with van der Waals surface area (Å²) in [6.07, 6.45) is -0.0930. The van der Waals surface area contributed by atoms with E-state index in [1.54, 1.807) is 0 Å². The molecule has 0 spiro atoms. The number of hydrogen-bond acceptors (Lipinski definition) is 7. The van der Waals surface area contributed by atoms with Crippen LogP contribution in [0.3, 0.4) is 0 Å². The maximum absolute atomic E-state index is 13.1. The monoisotopic (exact) mass is 498 g/mol. The minimum absolute atomic E-state index is 0.0342. The molecule has 0 aromatic heterocycles. The molecule has 200 valence electrons. The van der Waals surface area contributed by atoms with Crippen molar-refractivity contribution in [2.75, 3.05) is 26.4 Å². The standard InChI is InChI=1S/C24H42N4O7/c1-14(2)10-16(20(30)27-18-12-34-9-8-25-22(32)19(18)29)26-21(31)17(11-15(3)4)28-23(33)35-13-24(5,6)7/h14-18H,8-13H2,1-7H3,(H,25,32)(H,26,31)(H,27,30)(H,28,33). The van der Waals surface area contributed by atoms with Crippen LogP contribution in [0.4, 0.5) is 4.79 Å². The first-order valence-electron chi connectivity index (χ1n) is 12.1. The van der Waals surface area contributed by atoms with Crippen molar-refractivity contribution >= 4 is 29.6 Å². The number of carbonyl (C=O) groups excluding carboxylic acids is 5. The predicted molar refractivity (Wildman–Crippen MR) is 129 cm³/mol. The molecule has 11 nitrogen and oxygen atoms in total. The number of ketones is 1. The third kappa shape index (κ3) is 12.0. The summed E-state index contributed by atoms with van der Waals surface area (Å²) in [7, 11) is 0. The van der Waals surface area contributed by atoms with Crippen LogP contribution in [0.1, 0.15) is 61.3 Å². The van der Waals surface area contributed by atoms with E-state index in [-0.39, 0.29) is 50.0 Å². The van der Waals surface area contributed by atoms with Gasteiger partial charge in [0.25, 0.3) is 5.91 Å². The Balaban J connectivity index is 2.93. The summed E-state index contributed by atoms with van der Waals surface area (Å²) in [4.78, 5) is 62.7. The van der Waals surface area contributed by atoms with Crippen molar-refractivity contribution in [2.45, 2.75) is 79.4 Å². The van der Waals surface area contributed by atoms with Gasteiger partial charge in [-0.2, -0.15) is 0 Å². The largest absolute Gasteiger partial charge is 0.449 e. The molecule has 0 aromatic carbocycles. The van der Waals surface area contributed by atoms with Crippen LogP contribution in [-0.2, 0) is 28.7 Å². The normalized spacial score (nSPS) is 18.7. The van der Waals surface area contributed by atoms with Crippen LogP contribution < -0.4 is 21.3 Å². The van der Waals surface area contributed by atoms with Crippen LogP contribution in [0.15, 0.2) is 0 Å². The minimum atomic E-state index is -1.16. The zero-order valence-electron chi connectivity index (χ0n) is 22.0. The molecule has 3 unspecified atom stereocenters. The highest BCUT2D eigenvalue weighted by Gasteiger charge is 2.33. The molecule has 3 atom stereocenters. The number of ether oxygens (including phenoxy) is 2. The molecule has 0 aliphatic carbocycles. The third-order valence-corrected chi connectivity index (χ3v) is 4.97. The van der Waals surface area contributed by atoms with E-state index < -0.39 is 47.7 Å². The fraction of sp³-hybridized carbons (Fsp3) is 0.792. The predicted octanol–water partition coefficient (Wildman–Crippen LogP) is 0.905. The van der Waals surface area contributed by atoms with Crippen LogP contribution in [0, 0.1) is 17.3 Å². The second-order valence-electron chi connectivity index (χ2n) is 10.9. The number of Topliss-reactive ketones (excluding diaryl/α,β-unsaturated/α-hetero) is 1. The number of rotatable bonds is 10. The fourth-order valence-corrected chi connectivity index (χ4v) is 3.28. The van der Waals surface area contributed by atoms with Crippen molar-refractivity contribution in [3.05, 3.63) is 0 Å². The van der Waals surface area contributed by atoms with Crippen LogP contribution in [0.5, 0.6) is 0 Å². The molecule has 4 N–H and O–H groups in total. The molecule has 0 aromatic rings. The fourth-order valence-electron chi connectivity index (χ4n) is 3.28. The van der Waals surface area contributed by atoms with Crippen molar-refractivity contribution in [3.8, 4) is 0 Å². The summed E-state index contributed by atoms with van der Waals surface area (Å²) in [5.41, 5.74) is -0.233. The van der Waals surface area contributed by atoms with Gasteiger partial charge in [0.2, 0.25) is 17.6 Å². The third-order valence-electron chi connectivity index (χ3n) is 4.97. The van der Waals surface area contributed by atoms with Gasteiger partial charge in [0.05, 0.1) is 19.8 Å². The maximum atomic E-state index is 13.1. The first-order valence-corrected chi connectivity index (χ1v) is 12.1. The quantitative estimate of drug-likeness (QED) is 0.327. The van der Waals surface area contributed by atoms with Crippen molar-refractivity contribution in [2.24, 2.45) is 17.3 Å². The summed E-state index contributed by atoms with van der Waals surface area (Å²) in [6, 6.07) is -3.06. The van der Waals surface area contributed by atoms with Crippen molar-refractivity contribution in [3.63, 3.8) is 0 Å². The maximum Gasteiger partial charge on any atom is 0.407 e. The van der Waals surface area contributed by atoms with Gasteiger partial charge in [-0.1, -0.05) is 48.5 Å². The molecule has 0 saturated carbocycles. The molecule has 0 bridgehead atoms. The molecule has 1 aliphatic rings. The molecular formula is C24H42N4O7. The SMILES string of the molecule is CC(C)CC(NC(=O)OCC(C)(C)C)C(=O)NC(CC(C)C)C(=O)NC1COCCNC(=O)C1=O. The molecular weight excluding hydrogens is 456 g/mol. The summed E-state index contributed by atoms with van der Waals surface area (Å²) in [5.74, 6) is -2.64. The van der Waals surface area contributed by atoms with Crippen molar-refractivity contribution < 1.29 is 33.4 Å². The average molecular weight is 499 g/mol. The number of amides is 4. The Kier molecular flexibility index (Phi) is 12.1.